The van der Waals surface area contributed by atoms with E-state index in [4.69, 9.17) is 10.00 Å². The molecule has 0 atom stereocenters. The summed E-state index contributed by atoms with van der Waals surface area (Å²) in [6, 6.07) is 14.2. The van der Waals surface area contributed by atoms with Gasteiger partial charge >= 0.3 is 0 Å². The van der Waals surface area contributed by atoms with Gasteiger partial charge in [-0.2, -0.15) is 5.26 Å². The van der Waals surface area contributed by atoms with Crippen LogP contribution in [0.5, 0.6) is 5.75 Å². The third-order valence-electron chi connectivity index (χ3n) is 3.54. The summed E-state index contributed by atoms with van der Waals surface area (Å²) in [5.74, 6) is 0.955. The second-order valence-corrected chi connectivity index (χ2v) is 5.43. The number of aryl methyl sites for hydroxylation is 1. The van der Waals surface area contributed by atoms with Crippen LogP contribution in [0, 0.1) is 24.1 Å². The van der Waals surface area contributed by atoms with Crippen LogP contribution < -0.4 is 15.4 Å². The highest BCUT2D eigenvalue weighted by atomic mass is 127. The first-order valence-corrected chi connectivity index (χ1v) is 7.95. The summed E-state index contributed by atoms with van der Waals surface area (Å²) < 4.78 is 19.5. The van der Waals surface area contributed by atoms with Crippen LogP contribution in [0.15, 0.2) is 47.5 Å². The molecule has 0 bridgehead atoms. The Bertz CT molecular complexity index is 772. The van der Waals surface area contributed by atoms with Gasteiger partial charge in [0.25, 0.3) is 0 Å². The molecule has 0 aromatic heterocycles. The predicted molar refractivity (Wildman–Crippen MR) is 111 cm³/mol. The van der Waals surface area contributed by atoms with Gasteiger partial charge in [-0.1, -0.05) is 23.8 Å². The minimum Gasteiger partial charge on any atom is -0.492 e. The molecule has 2 aromatic rings. The van der Waals surface area contributed by atoms with E-state index in [0.29, 0.717) is 30.2 Å². The number of nitriles is 1. The highest BCUT2D eigenvalue weighted by molar-refractivity contribution is 14.0. The average Bonchev–Trinajstić information content (AvgIpc) is 2.63. The second kappa shape index (κ2) is 11.3. The van der Waals surface area contributed by atoms with Gasteiger partial charge in [0.05, 0.1) is 18.2 Å². The maximum Gasteiger partial charge on any atom is 0.191 e. The normalized spacial score (nSPS) is 10.5. The lowest BCUT2D eigenvalue weighted by atomic mass is 10.1. The Balaban J connectivity index is 0.00000338. The summed E-state index contributed by atoms with van der Waals surface area (Å²) in [4.78, 5) is 4.09. The van der Waals surface area contributed by atoms with Crippen LogP contribution in [0.25, 0.3) is 0 Å². The van der Waals surface area contributed by atoms with E-state index >= 15 is 0 Å². The zero-order chi connectivity index (χ0) is 18.1. The molecule has 2 aromatic carbocycles. The Hall–Kier alpha value is -2.34. The molecule has 2 N–H and O–H groups in total. The maximum absolute atomic E-state index is 13.8. The predicted octanol–water partition coefficient (Wildman–Crippen LogP) is 3.37. The molecule has 0 aliphatic carbocycles. The Labute approximate surface area is 170 Å². The van der Waals surface area contributed by atoms with Crippen molar-refractivity contribution in [2.75, 3.05) is 20.2 Å². The zero-order valence-corrected chi connectivity index (χ0v) is 17.1. The zero-order valence-electron chi connectivity index (χ0n) is 14.8. The summed E-state index contributed by atoms with van der Waals surface area (Å²) in [6.07, 6.45) is 0. The minimum atomic E-state index is -0.412. The number of hydrogen-bond donors (Lipinski definition) is 2. The van der Waals surface area contributed by atoms with Gasteiger partial charge in [-0.25, -0.2) is 4.39 Å². The van der Waals surface area contributed by atoms with Crippen molar-refractivity contribution in [1.29, 1.82) is 5.26 Å². The van der Waals surface area contributed by atoms with E-state index in [-0.39, 0.29) is 30.5 Å². The molecule has 0 aliphatic rings. The quantitative estimate of drug-likeness (QED) is 0.295. The highest BCUT2D eigenvalue weighted by Gasteiger charge is 2.05. The fraction of sp³-hybridized carbons (Fsp3) is 0.263. The van der Waals surface area contributed by atoms with Crippen molar-refractivity contribution in [2.24, 2.45) is 4.99 Å². The standard InChI is InChI=1S/C19H21FN4O.HI/c1-14-3-7-17(8-4-14)25-10-9-23-19(22-2)24-13-16-6-5-15(12-21)11-18(16)20;/h3-8,11H,9-10,13H2,1-2H3,(H2,22,23,24);1H. The second-order valence-electron chi connectivity index (χ2n) is 5.43. The van der Waals surface area contributed by atoms with E-state index in [0.717, 1.165) is 5.75 Å². The average molecular weight is 468 g/mol. The van der Waals surface area contributed by atoms with E-state index < -0.39 is 5.82 Å². The Morgan fingerprint density at radius 3 is 2.54 bits per heavy atom. The van der Waals surface area contributed by atoms with Gasteiger partial charge < -0.3 is 15.4 Å². The van der Waals surface area contributed by atoms with Gasteiger partial charge in [0.15, 0.2) is 5.96 Å². The summed E-state index contributed by atoms with van der Waals surface area (Å²) in [5, 5.41) is 14.9. The Morgan fingerprint density at radius 1 is 1.19 bits per heavy atom. The third kappa shape index (κ3) is 6.88. The molecule has 0 heterocycles. The molecule has 26 heavy (non-hydrogen) atoms. The highest BCUT2D eigenvalue weighted by Crippen LogP contribution is 2.11. The molecular weight excluding hydrogens is 446 g/mol. The lowest BCUT2D eigenvalue weighted by Crippen LogP contribution is -2.39. The lowest BCUT2D eigenvalue weighted by molar-refractivity contribution is 0.322. The monoisotopic (exact) mass is 468 g/mol. The number of nitrogens with one attached hydrogen (secondary N) is 2. The van der Waals surface area contributed by atoms with Gasteiger partial charge in [-0.3, -0.25) is 4.99 Å². The molecule has 5 nitrogen and oxygen atoms in total. The van der Waals surface area contributed by atoms with E-state index in [9.17, 15) is 4.39 Å². The van der Waals surface area contributed by atoms with Crippen LogP contribution in [-0.2, 0) is 6.54 Å². The number of hydrogen-bond acceptors (Lipinski definition) is 3. The molecule has 0 saturated heterocycles. The summed E-state index contributed by atoms with van der Waals surface area (Å²) in [6.45, 7) is 3.34. The largest absolute Gasteiger partial charge is 0.492 e. The van der Waals surface area contributed by atoms with Crippen molar-refractivity contribution in [2.45, 2.75) is 13.5 Å². The first-order chi connectivity index (χ1) is 12.1. The summed E-state index contributed by atoms with van der Waals surface area (Å²) >= 11 is 0. The van der Waals surface area contributed by atoms with Gasteiger partial charge in [-0.15, -0.1) is 24.0 Å². The van der Waals surface area contributed by atoms with Crippen molar-refractivity contribution < 1.29 is 9.13 Å². The van der Waals surface area contributed by atoms with Gasteiger partial charge in [0.1, 0.15) is 18.2 Å². The fourth-order valence-electron chi connectivity index (χ4n) is 2.13. The lowest BCUT2D eigenvalue weighted by Gasteiger charge is -2.13. The topological polar surface area (TPSA) is 69.4 Å². The Kier molecular flexibility index (Phi) is 9.44. The molecule has 0 aliphatic heterocycles. The molecule has 0 fully saturated rings. The van der Waals surface area contributed by atoms with Gasteiger partial charge in [0, 0.05) is 19.2 Å². The van der Waals surface area contributed by atoms with Crippen molar-refractivity contribution in [3.63, 3.8) is 0 Å². The van der Waals surface area contributed by atoms with E-state index in [1.165, 1.54) is 11.6 Å². The van der Waals surface area contributed by atoms with Crippen LogP contribution in [-0.4, -0.2) is 26.2 Å². The van der Waals surface area contributed by atoms with Crippen molar-refractivity contribution in [1.82, 2.24) is 10.6 Å². The summed E-state index contributed by atoms with van der Waals surface area (Å²) in [5.41, 5.74) is 1.96. The molecule has 0 unspecified atom stereocenters. The van der Waals surface area contributed by atoms with Crippen LogP contribution in [0.1, 0.15) is 16.7 Å². The number of ether oxygens (including phenoxy) is 1. The van der Waals surface area contributed by atoms with Gasteiger partial charge in [-0.05, 0) is 31.2 Å². The number of halogens is 2. The molecule has 0 amide bonds. The van der Waals surface area contributed by atoms with Crippen molar-refractivity contribution in [3.05, 3.63) is 65.0 Å². The Morgan fingerprint density at radius 2 is 1.92 bits per heavy atom. The number of guanidine groups is 1. The minimum absolute atomic E-state index is 0. The molecule has 0 radical (unpaired) electrons. The van der Waals surface area contributed by atoms with E-state index in [2.05, 4.69) is 15.6 Å². The molecule has 138 valence electrons. The fourth-order valence-corrected chi connectivity index (χ4v) is 2.13. The number of rotatable bonds is 6. The first-order valence-electron chi connectivity index (χ1n) is 7.95. The van der Waals surface area contributed by atoms with Crippen LogP contribution >= 0.6 is 24.0 Å². The smallest absolute Gasteiger partial charge is 0.191 e. The summed E-state index contributed by atoms with van der Waals surface area (Å²) in [7, 11) is 1.64. The molecule has 0 saturated carbocycles. The molecule has 2 rings (SSSR count). The number of aliphatic imine (C=N–C) groups is 1. The molecule has 0 spiro atoms. The van der Waals surface area contributed by atoms with Gasteiger partial charge in [0.2, 0.25) is 0 Å². The van der Waals surface area contributed by atoms with Crippen molar-refractivity contribution >= 4 is 29.9 Å². The molecular formula is C19H22FIN4O. The number of benzene rings is 2. The van der Waals surface area contributed by atoms with Crippen LogP contribution in [0.3, 0.4) is 0 Å². The SMILES string of the molecule is CN=C(NCCOc1ccc(C)cc1)NCc1ccc(C#N)cc1F.I. The number of nitrogens with zero attached hydrogens (tertiary/aromatic N) is 2. The van der Waals surface area contributed by atoms with Crippen LogP contribution in [0.2, 0.25) is 0 Å². The van der Waals surface area contributed by atoms with E-state index in [1.807, 2.05) is 37.3 Å². The molecule has 7 heteroatoms. The van der Waals surface area contributed by atoms with Crippen LogP contribution in [0.4, 0.5) is 4.39 Å². The first kappa shape index (κ1) is 21.7. The van der Waals surface area contributed by atoms with Crippen molar-refractivity contribution in [3.8, 4) is 11.8 Å². The van der Waals surface area contributed by atoms with E-state index in [1.54, 1.807) is 19.2 Å². The third-order valence-corrected chi connectivity index (χ3v) is 3.54. The maximum atomic E-state index is 13.8.